The normalized spacial score (nSPS) is 10.6. The van der Waals surface area contributed by atoms with E-state index in [4.69, 9.17) is 9.52 Å². The molecule has 2 aromatic heterocycles. The molecule has 0 atom stereocenters. The molecule has 0 saturated carbocycles. The second-order valence-electron chi connectivity index (χ2n) is 2.93. The first-order chi connectivity index (χ1) is 6.90. The minimum atomic E-state index is -0.0852. The molecule has 14 heavy (non-hydrogen) atoms. The van der Waals surface area contributed by atoms with E-state index >= 15 is 0 Å². The number of hydrogen-bond acceptors (Lipinski definition) is 4. The third-order valence-electron chi connectivity index (χ3n) is 2.02. The van der Waals surface area contributed by atoms with Crippen molar-refractivity contribution >= 4 is 0 Å². The van der Waals surface area contributed by atoms with Gasteiger partial charge in [-0.3, -0.25) is 0 Å². The molecule has 2 aromatic rings. The zero-order valence-corrected chi connectivity index (χ0v) is 7.63. The van der Waals surface area contributed by atoms with E-state index in [1.54, 1.807) is 12.6 Å². The lowest BCUT2D eigenvalue weighted by molar-refractivity contribution is 0.264. The molecule has 2 rings (SSSR count). The molecule has 0 bridgehead atoms. The SMILES string of the molecule is OCc1nncn1CCc1ccco1. The molecule has 2 heterocycles. The number of nitrogens with zero attached hydrogens (tertiary/aromatic N) is 3. The number of aryl methyl sites for hydroxylation is 2. The lowest BCUT2D eigenvalue weighted by Crippen LogP contribution is -2.04. The van der Waals surface area contributed by atoms with E-state index < -0.39 is 0 Å². The minimum absolute atomic E-state index is 0.0852. The van der Waals surface area contributed by atoms with E-state index in [-0.39, 0.29) is 6.61 Å². The van der Waals surface area contributed by atoms with Crippen LogP contribution >= 0.6 is 0 Å². The summed E-state index contributed by atoms with van der Waals surface area (Å²) in [6.07, 6.45) is 4.03. The molecule has 5 nitrogen and oxygen atoms in total. The van der Waals surface area contributed by atoms with Gasteiger partial charge in [-0.15, -0.1) is 10.2 Å². The largest absolute Gasteiger partial charge is 0.469 e. The van der Waals surface area contributed by atoms with Crippen molar-refractivity contribution < 1.29 is 9.52 Å². The molecule has 0 aliphatic carbocycles. The van der Waals surface area contributed by atoms with Gasteiger partial charge in [0.2, 0.25) is 0 Å². The maximum atomic E-state index is 8.92. The molecule has 5 heteroatoms. The van der Waals surface area contributed by atoms with E-state index in [0.29, 0.717) is 5.82 Å². The van der Waals surface area contributed by atoms with Crippen LogP contribution in [0.5, 0.6) is 0 Å². The maximum absolute atomic E-state index is 8.92. The highest BCUT2D eigenvalue weighted by Crippen LogP contribution is 2.04. The Balaban J connectivity index is 1.98. The average Bonchev–Trinajstić information content (AvgIpc) is 2.85. The van der Waals surface area contributed by atoms with Crippen LogP contribution in [0.25, 0.3) is 0 Å². The van der Waals surface area contributed by atoms with Crippen LogP contribution in [0.15, 0.2) is 29.1 Å². The van der Waals surface area contributed by atoms with Crippen molar-refractivity contribution in [1.29, 1.82) is 0 Å². The predicted molar refractivity (Wildman–Crippen MR) is 48.4 cm³/mol. The number of aromatic nitrogens is 3. The summed E-state index contributed by atoms with van der Waals surface area (Å²) in [6, 6.07) is 3.78. The van der Waals surface area contributed by atoms with Crippen LogP contribution in [0.3, 0.4) is 0 Å². The maximum Gasteiger partial charge on any atom is 0.158 e. The highest BCUT2D eigenvalue weighted by atomic mass is 16.3. The molecule has 0 aliphatic rings. The van der Waals surface area contributed by atoms with E-state index in [1.165, 1.54) is 0 Å². The van der Waals surface area contributed by atoms with Crippen LogP contribution in [-0.4, -0.2) is 19.9 Å². The van der Waals surface area contributed by atoms with Crippen molar-refractivity contribution in [3.63, 3.8) is 0 Å². The van der Waals surface area contributed by atoms with Gasteiger partial charge >= 0.3 is 0 Å². The Morgan fingerprint density at radius 1 is 1.50 bits per heavy atom. The number of furan rings is 1. The van der Waals surface area contributed by atoms with Crippen LogP contribution in [0, 0.1) is 0 Å². The number of hydrogen-bond donors (Lipinski definition) is 1. The molecule has 0 amide bonds. The summed E-state index contributed by atoms with van der Waals surface area (Å²) in [6.45, 7) is 0.633. The van der Waals surface area contributed by atoms with Crippen molar-refractivity contribution in [1.82, 2.24) is 14.8 Å². The van der Waals surface area contributed by atoms with Crippen molar-refractivity contribution in [2.45, 2.75) is 19.6 Å². The van der Waals surface area contributed by atoms with Crippen LogP contribution < -0.4 is 0 Å². The quantitative estimate of drug-likeness (QED) is 0.772. The molecule has 1 N–H and O–H groups in total. The van der Waals surface area contributed by atoms with Gasteiger partial charge in [0.25, 0.3) is 0 Å². The molecule has 0 unspecified atom stereocenters. The van der Waals surface area contributed by atoms with Crippen LogP contribution in [-0.2, 0) is 19.6 Å². The number of rotatable bonds is 4. The van der Waals surface area contributed by atoms with Gasteiger partial charge in [-0.2, -0.15) is 0 Å². The molecular weight excluding hydrogens is 182 g/mol. The van der Waals surface area contributed by atoms with Gasteiger partial charge in [0.15, 0.2) is 5.82 Å². The van der Waals surface area contributed by atoms with Crippen molar-refractivity contribution in [3.05, 3.63) is 36.3 Å². The lowest BCUT2D eigenvalue weighted by Gasteiger charge is -2.02. The van der Waals surface area contributed by atoms with Crippen LogP contribution in [0.4, 0.5) is 0 Å². The van der Waals surface area contributed by atoms with Crippen molar-refractivity contribution in [2.75, 3.05) is 0 Å². The second kappa shape index (κ2) is 4.06. The average molecular weight is 193 g/mol. The molecule has 0 aromatic carbocycles. The highest BCUT2D eigenvalue weighted by Gasteiger charge is 2.03. The van der Waals surface area contributed by atoms with Gasteiger partial charge < -0.3 is 14.1 Å². The molecule has 0 radical (unpaired) electrons. The lowest BCUT2D eigenvalue weighted by atomic mass is 10.3. The summed E-state index contributed by atoms with van der Waals surface area (Å²) in [5.74, 6) is 1.50. The topological polar surface area (TPSA) is 64.1 Å². The highest BCUT2D eigenvalue weighted by molar-refractivity contribution is 4.98. The molecule has 74 valence electrons. The van der Waals surface area contributed by atoms with Gasteiger partial charge in [-0.1, -0.05) is 0 Å². The Morgan fingerprint density at radius 2 is 2.43 bits per heavy atom. The molecule has 0 aliphatic heterocycles. The first-order valence-electron chi connectivity index (χ1n) is 4.40. The van der Waals surface area contributed by atoms with Crippen molar-refractivity contribution in [2.24, 2.45) is 0 Å². The van der Waals surface area contributed by atoms with E-state index in [1.807, 2.05) is 16.7 Å². The van der Waals surface area contributed by atoms with Crippen molar-refractivity contribution in [3.8, 4) is 0 Å². The Bertz CT molecular complexity index is 380. The zero-order valence-electron chi connectivity index (χ0n) is 7.63. The summed E-state index contributed by atoms with van der Waals surface area (Å²) >= 11 is 0. The number of aliphatic hydroxyl groups is 1. The first-order valence-corrected chi connectivity index (χ1v) is 4.40. The summed E-state index contributed by atoms with van der Waals surface area (Å²) in [4.78, 5) is 0. The van der Waals surface area contributed by atoms with Gasteiger partial charge in [-0.05, 0) is 12.1 Å². The van der Waals surface area contributed by atoms with Gasteiger partial charge in [0.05, 0.1) is 6.26 Å². The summed E-state index contributed by atoms with van der Waals surface area (Å²) in [5.41, 5.74) is 0. The zero-order chi connectivity index (χ0) is 9.80. The Morgan fingerprint density at radius 3 is 3.14 bits per heavy atom. The molecule has 0 saturated heterocycles. The molecule has 0 fully saturated rings. The van der Waals surface area contributed by atoms with Crippen LogP contribution in [0.1, 0.15) is 11.6 Å². The third kappa shape index (κ3) is 1.82. The smallest absolute Gasteiger partial charge is 0.158 e. The predicted octanol–water partition coefficient (Wildman–Crippen LogP) is 0.606. The fraction of sp³-hybridized carbons (Fsp3) is 0.333. The van der Waals surface area contributed by atoms with E-state index in [0.717, 1.165) is 18.7 Å². The fourth-order valence-electron chi connectivity index (χ4n) is 1.27. The summed E-state index contributed by atoms with van der Waals surface area (Å²) < 4.78 is 7.00. The number of aliphatic hydroxyl groups excluding tert-OH is 1. The standard InChI is InChI=1S/C9H11N3O2/c13-6-9-11-10-7-12(9)4-3-8-2-1-5-14-8/h1-2,5,7,13H,3-4,6H2. The van der Waals surface area contributed by atoms with Crippen LogP contribution in [0.2, 0.25) is 0 Å². The Kier molecular flexibility index (Phi) is 2.60. The third-order valence-corrected chi connectivity index (χ3v) is 2.02. The van der Waals surface area contributed by atoms with E-state index in [2.05, 4.69) is 10.2 Å². The van der Waals surface area contributed by atoms with E-state index in [9.17, 15) is 0 Å². The summed E-state index contributed by atoms with van der Waals surface area (Å²) in [5, 5.41) is 16.4. The molecular formula is C9H11N3O2. The summed E-state index contributed by atoms with van der Waals surface area (Å²) in [7, 11) is 0. The fourth-order valence-corrected chi connectivity index (χ4v) is 1.27. The van der Waals surface area contributed by atoms with Gasteiger partial charge in [0.1, 0.15) is 18.7 Å². The van der Waals surface area contributed by atoms with Gasteiger partial charge in [0, 0.05) is 13.0 Å². The monoisotopic (exact) mass is 193 g/mol. The van der Waals surface area contributed by atoms with Gasteiger partial charge in [-0.25, -0.2) is 0 Å². The first kappa shape index (κ1) is 8.96. The Labute approximate surface area is 81.0 Å². The molecule has 0 spiro atoms. The Hall–Kier alpha value is -1.62. The second-order valence-corrected chi connectivity index (χ2v) is 2.93. The minimum Gasteiger partial charge on any atom is -0.469 e.